The molecule has 5 N–H and O–H groups in total. The molecule has 0 fully saturated rings. The first-order valence-corrected chi connectivity index (χ1v) is 7.68. The van der Waals surface area contributed by atoms with E-state index in [0.29, 0.717) is 0 Å². The maximum absolute atomic E-state index is 11.2. The summed E-state index contributed by atoms with van der Waals surface area (Å²) >= 11 is 0. The molecule has 0 saturated carbocycles. The normalized spacial score (nSPS) is 14.5. The van der Waals surface area contributed by atoms with Crippen LogP contribution in [0.3, 0.4) is 0 Å². The fourth-order valence-electron chi connectivity index (χ4n) is 0.914. The van der Waals surface area contributed by atoms with E-state index >= 15 is 0 Å². The summed E-state index contributed by atoms with van der Waals surface area (Å²) in [6, 6.07) is 0. The van der Waals surface area contributed by atoms with Gasteiger partial charge in [-0.2, -0.15) is 0 Å². The summed E-state index contributed by atoms with van der Waals surface area (Å²) in [5.41, 5.74) is -2.65. The number of hydrogen-bond acceptors (Lipinski definition) is 4. The molecule has 0 aliphatic rings. The lowest BCUT2D eigenvalue weighted by atomic mass is 10.1. The molecule has 9 nitrogen and oxygen atoms in total. The third-order valence-electron chi connectivity index (χ3n) is 1.78. The second kappa shape index (κ2) is 5.86. The Bertz CT molecular complexity index is 361. The van der Waals surface area contributed by atoms with Crippen molar-refractivity contribution in [3.63, 3.8) is 0 Å². The SMILES string of the molecule is CCC([C]=O)C(=O)NC(P(=O)(O)O)P(=O)(O)O. The summed E-state index contributed by atoms with van der Waals surface area (Å²) in [6.07, 6.45) is 1.28. The van der Waals surface area contributed by atoms with Crippen molar-refractivity contribution >= 4 is 27.4 Å². The predicted molar refractivity (Wildman–Crippen MR) is 55.5 cm³/mol. The highest BCUT2D eigenvalue weighted by molar-refractivity contribution is 7.70. The van der Waals surface area contributed by atoms with E-state index in [-0.39, 0.29) is 6.42 Å². The molecule has 17 heavy (non-hydrogen) atoms. The fourth-order valence-corrected chi connectivity index (χ4v) is 3.07. The van der Waals surface area contributed by atoms with Crippen molar-refractivity contribution in [1.29, 1.82) is 0 Å². The van der Waals surface area contributed by atoms with Crippen molar-refractivity contribution in [2.45, 2.75) is 18.9 Å². The molecule has 0 aromatic carbocycles. The predicted octanol–water partition coefficient (Wildman–Crippen LogP) is -1.12. The molecule has 99 valence electrons. The van der Waals surface area contributed by atoms with Gasteiger partial charge in [0.1, 0.15) is 5.92 Å². The van der Waals surface area contributed by atoms with E-state index in [1.807, 2.05) is 0 Å². The summed E-state index contributed by atoms with van der Waals surface area (Å²) < 4.78 is 21.6. The molecule has 0 heterocycles. The second-order valence-electron chi connectivity index (χ2n) is 3.14. The maximum Gasteiger partial charge on any atom is 0.360 e. The van der Waals surface area contributed by atoms with Crippen molar-refractivity contribution < 1.29 is 38.3 Å². The third-order valence-corrected chi connectivity index (χ3v) is 5.11. The highest BCUT2D eigenvalue weighted by Crippen LogP contribution is 2.58. The zero-order valence-electron chi connectivity index (χ0n) is 8.68. The first kappa shape index (κ1) is 16.4. The molecule has 0 aliphatic heterocycles. The van der Waals surface area contributed by atoms with E-state index in [0.717, 1.165) is 0 Å². The van der Waals surface area contributed by atoms with Gasteiger partial charge in [0.25, 0.3) is 0 Å². The molecule has 11 heteroatoms. The van der Waals surface area contributed by atoms with Gasteiger partial charge in [-0.25, -0.2) is 0 Å². The van der Waals surface area contributed by atoms with Crippen molar-refractivity contribution in [3.05, 3.63) is 0 Å². The minimum Gasteiger partial charge on any atom is -0.332 e. The molecule has 0 saturated heterocycles. The highest BCUT2D eigenvalue weighted by Gasteiger charge is 2.45. The Labute approximate surface area is 96.5 Å². The molecule has 1 atom stereocenters. The van der Waals surface area contributed by atoms with Gasteiger partial charge in [-0.3, -0.25) is 18.7 Å². The van der Waals surface area contributed by atoms with Crippen LogP contribution >= 0.6 is 15.2 Å². The molecule has 0 aromatic heterocycles. The Morgan fingerprint density at radius 2 is 1.65 bits per heavy atom. The van der Waals surface area contributed by atoms with Gasteiger partial charge in [0, 0.05) is 0 Å². The summed E-state index contributed by atoms with van der Waals surface area (Å²) in [6.45, 7) is 1.43. The lowest BCUT2D eigenvalue weighted by Gasteiger charge is -2.21. The maximum atomic E-state index is 11.2. The highest BCUT2D eigenvalue weighted by atomic mass is 31.2. The van der Waals surface area contributed by atoms with E-state index < -0.39 is 32.5 Å². The van der Waals surface area contributed by atoms with Crippen LogP contribution in [0.4, 0.5) is 0 Å². The molecule has 1 unspecified atom stereocenters. The summed E-state index contributed by atoms with van der Waals surface area (Å²) in [7, 11) is -10.5. The number of hydrogen-bond donors (Lipinski definition) is 5. The van der Waals surface area contributed by atoms with Gasteiger partial charge in [-0.1, -0.05) is 6.92 Å². The molecular weight excluding hydrogens is 276 g/mol. The lowest BCUT2D eigenvalue weighted by molar-refractivity contribution is -0.123. The average Bonchev–Trinajstić information content (AvgIpc) is 2.12. The molecule has 1 amide bonds. The quantitative estimate of drug-likeness (QED) is 0.303. The number of nitrogens with one attached hydrogen (secondary N) is 1. The van der Waals surface area contributed by atoms with E-state index in [1.54, 1.807) is 0 Å². The number of carbonyl (C=O) groups excluding carboxylic acids is 2. The topological polar surface area (TPSA) is 161 Å². The van der Waals surface area contributed by atoms with Crippen LogP contribution in [0.1, 0.15) is 13.3 Å². The van der Waals surface area contributed by atoms with Gasteiger partial charge in [0.2, 0.25) is 17.7 Å². The fraction of sp³-hybridized carbons (Fsp3) is 0.667. The van der Waals surface area contributed by atoms with Crippen LogP contribution in [-0.4, -0.2) is 37.3 Å². The summed E-state index contributed by atoms with van der Waals surface area (Å²) in [4.78, 5) is 56.3. The Kier molecular flexibility index (Phi) is 5.67. The van der Waals surface area contributed by atoms with Crippen molar-refractivity contribution in [2.75, 3.05) is 0 Å². The van der Waals surface area contributed by atoms with Gasteiger partial charge in [0.15, 0.2) is 0 Å². The second-order valence-corrected chi connectivity index (χ2v) is 6.94. The van der Waals surface area contributed by atoms with Crippen LogP contribution in [0.2, 0.25) is 0 Å². The van der Waals surface area contributed by atoms with Crippen LogP contribution in [0.5, 0.6) is 0 Å². The van der Waals surface area contributed by atoms with E-state index in [2.05, 4.69) is 0 Å². The Hall–Kier alpha value is -0.560. The van der Waals surface area contributed by atoms with Gasteiger partial charge < -0.3 is 24.9 Å². The zero-order valence-corrected chi connectivity index (χ0v) is 10.5. The van der Waals surface area contributed by atoms with Crippen LogP contribution in [0.25, 0.3) is 0 Å². The van der Waals surface area contributed by atoms with Crippen molar-refractivity contribution in [1.82, 2.24) is 5.32 Å². The smallest absolute Gasteiger partial charge is 0.332 e. The third kappa shape index (κ3) is 5.08. The molecule has 0 bridgehead atoms. The van der Waals surface area contributed by atoms with Crippen LogP contribution < -0.4 is 5.32 Å². The number of carbonyl (C=O) groups is 1. The van der Waals surface area contributed by atoms with Crippen molar-refractivity contribution in [2.24, 2.45) is 5.92 Å². The minimum absolute atomic E-state index is 0.00955. The van der Waals surface area contributed by atoms with Crippen molar-refractivity contribution in [3.8, 4) is 0 Å². The number of amides is 1. The Morgan fingerprint density at radius 1 is 1.24 bits per heavy atom. The molecular formula is C6H12NO8P2. The van der Waals surface area contributed by atoms with Gasteiger partial charge in [0.05, 0.1) is 0 Å². The van der Waals surface area contributed by atoms with Crippen LogP contribution in [-0.2, 0) is 18.7 Å². The Balaban J connectivity index is 5.04. The summed E-state index contributed by atoms with van der Waals surface area (Å²) in [5.74, 6) is -2.53. The number of rotatable bonds is 6. The summed E-state index contributed by atoms with van der Waals surface area (Å²) in [5, 5.41) is 1.47. The molecule has 0 aliphatic carbocycles. The van der Waals surface area contributed by atoms with E-state index in [1.165, 1.54) is 18.5 Å². The molecule has 0 aromatic rings. The largest absolute Gasteiger partial charge is 0.360 e. The Morgan fingerprint density at radius 3 is 1.88 bits per heavy atom. The van der Waals surface area contributed by atoms with Gasteiger partial charge in [-0.15, -0.1) is 0 Å². The van der Waals surface area contributed by atoms with E-state index in [9.17, 15) is 18.7 Å². The molecule has 0 spiro atoms. The van der Waals surface area contributed by atoms with Gasteiger partial charge >= 0.3 is 15.2 Å². The lowest BCUT2D eigenvalue weighted by Crippen LogP contribution is -2.39. The van der Waals surface area contributed by atoms with E-state index in [4.69, 9.17) is 19.6 Å². The minimum atomic E-state index is -5.24. The molecule has 0 rings (SSSR count). The zero-order chi connectivity index (χ0) is 13.9. The first-order valence-electron chi connectivity index (χ1n) is 4.32. The average molecular weight is 288 g/mol. The first-order chi connectivity index (χ1) is 7.54. The van der Waals surface area contributed by atoms with Crippen LogP contribution in [0, 0.1) is 5.92 Å². The van der Waals surface area contributed by atoms with Crippen LogP contribution in [0.15, 0.2) is 0 Å². The molecule has 1 radical (unpaired) electrons. The standard InChI is InChI=1S/C6H12NO8P2/c1-2-4(3-8)5(9)7-6(16(10,11)12)17(13,14)15/h4,6H,2H2,1H3,(H,7,9)(H2,10,11,12)(H2,13,14,15). The van der Waals surface area contributed by atoms with Gasteiger partial charge in [-0.05, 0) is 6.42 Å². The monoisotopic (exact) mass is 288 g/mol.